The number of carbonyl (C=O) groups excluding carboxylic acids is 1. The molecule has 1 atom stereocenters. The van der Waals surface area contributed by atoms with Crippen LogP contribution in [0.5, 0.6) is 0 Å². The van der Waals surface area contributed by atoms with E-state index in [9.17, 15) is 4.79 Å². The quantitative estimate of drug-likeness (QED) is 0.808. The zero-order valence-electron chi connectivity index (χ0n) is 8.93. The third-order valence-electron chi connectivity index (χ3n) is 2.25. The van der Waals surface area contributed by atoms with Crippen LogP contribution in [0.3, 0.4) is 0 Å². The van der Waals surface area contributed by atoms with E-state index >= 15 is 0 Å². The maximum atomic E-state index is 11.5. The maximum absolute atomic E-state index is 11.5. The standard InChI is InChI=1S/C11H11ClN4O/c12-9(8-4-2-1-3-5-8)6-13-11(17)10-7-14-16-15-10/h1-5,7,9H,6H2,(H,13,17)(H,14,15,16). The van der Waals surface area contributed by atoms with E-state index in [1.54, 1.807) is 0 Å². The Hall–Kier alpha value is -1.88. The van der Waals surface area contributed by atoms with Crippen LogP contribution in [0.25, 0.3) is 0 Å². The molecule has 0 saturated carbocycles. The first-order valence-corrected chi connectivity index (χ1v) is 5.54. The molecule has 1 amide bonds. The van der Waals surface area contributed by atoms with E-state index in [-0.39, 0.29) is 17.0 Å². The molecule has 0 aliphatic carbocycles. The van der Waals surface area contributed by atoms with Gasteiger partial charge >= 0.3 is 0 Å². The van der Waals surface area contributed by atoms with E-state index in [2.05, 4.69) is 20.7 Å². The Labute approximate surface area is 103 Å². The second kappa shape index (κ2) is 5.45. The first kappa shape index (κ1) is 11.6. The van der Waals surface area contributed by atoms with Crippen LogP contribution < -0.4 is 5.32 Å². The molecule has 17 heavy (non-hydrogen) atoms. The zero-order valence-corrected chi connectivity index (χ0v) is 9.69. The Bertz CT molecular complexity index is 471. The summed E-state index contributed by atoms with van der Waals surface area (Å²) < 4.78 is 0. The van der Waals surface area contributed by atoms with Crippen molar-refractivity contribution in [3.63, 3.8) is 0 Å². The van der Waals surface area contributed by atoms with Gasteiger partial charge in [0.15, 0.2) is 5.69 Å². The number of aromatic amines is 1. The van der Waals surface area contributed by atoms with Crippen LogP contribution in [0.2, 0.25) is 0 Å². The fourth-order valence-electron chi connectivity index (χ4n) is 1.36. The maximum Gasteiger partial charge on any atom is 0.273 e. The number of aromatic nitrogens is 3. The largest absolute Gasteiger partial charge is 0.349 e. The number of amides is 1. The molecule has 0 fully saturated rings. The smallest absolute Gasteiger partial charge is 0.273 e. The van der Waals surface area contributed by atoms with Crippen LogP contribution in [0.15, 0.2) is 36.5 Å². The van der Waals surface area contributed by atoms with Gasteiger partial charge < -0.3 is 5.32 Å². The molecular formula is C11H11ClN4O. The van der Waals surface area contributed by atoms with E-state index in [1.165, 1.54) is 6.20 Å². The first-order chi connectivity index (χ1) is 8.27. The fraction of sp³-hybridized carbons (Fsp3) is 0.182. The molecule has 2 rings (SSSR count). The highest BCUT2D eigenvalue weighted by Crippen LogP contribution is 2.18. The van der Waals surface area contributed by atoms with E-state index in [4.69, 9.17) is 11.6 Å². The monoisotopic (exact) mass is 250 g/mol. The highest BCUT2D eigenvalue weighted by Gasteiger charge is 2.12. The fourth-order valence-corrected chi connectivity index (χ4v) is 1.59. The molecule has 5 nitrogen and oxygen atoms in total. The molecule has 2 N–H and O–H groups in total. The predicted molar refractivity (Wildman–Crippen MR) is 63.8 cm³/mol. The van der Waals surface area contributed by atoms with Gasteiger partial charge in [-0.1, -0.05) is 30.3 Å². The molecule has 1 aromatic carbocycles. The summed E-state index contributed by atoms with van der Waals surface area (Å²) in [6.07, 6.45) is 1.36. The summed E-state index contributed by atoms with van der Waals surface area (Å²) >= 11 is 6.15. The van der Waals surface area contributed by atoms with E-state index in [1.807, 2.05) is 30.3 Å². The van der Waals surface area contributed by atoms with Crippen molar-refractivity contribution in [3.05, 3.63) is 47.8 Å². The van der Waals surface area contributed by atoms with Gasteiger partial charge in [0.2, 0.25) is 0 Å². The minimum atomic E-state index is -0.291. The van der Waals surface area contributed by atoms with Gasteiger partial charge in [-0.2, -0.15) is 15.4 Å². The average molecular weight is 251 g/mol. The van der Waals surface area contributed by atoms with Crippen LogP contribution in [0.1, 0.15) is 21.4 Å². The summed E-state index contributed by atoms with van der Waals surface area (Å²) in [5, 5.41) is 12.0. The van der Waals surface area contributed by atoms with Crippen LogP contribution in [-0.2, 0) is 0 Å². The lowest BCUT2D eigenvalue weighted by molar-refractivity contribution is 0.0948. The summed E-state index contributed by atoms with van der Waals surface area (Å²) in [7, 11) is 0. The van der Waals surface area contributed by atoms with Crippen molar-refractivity contribution in [2.45, 2.75) is 5.38 Å². The molecule has 6 heteroatoms. The molecule has 1 unspecified atom stereocenters. The van der Waals surface area contributed by atoms with E-state index in [0.29, 0.717) is 6.54 Å². The lowest BCUT2D eigenvalue weighted by Gasteiger charge is -2.10. The van der Waals surface area contributed by atoms with Gasteiger partial charge in [0.25, 0.3) is 5.91 Å². The van der Waals surface area contributed by atoms with Gasteiger partial charge in [-0.25, -0.2) is 0 Å². The number of rotatable bonds is 4. The van der Waals surface area contributed by atoms with Crippen LogP contribution in [0.4, 0.5) is 0 Å². The van der Waals surface area contributed by atoms with Gasteiger partial charge in [-0.05, 0) is 5.56 Å². The van der Waals surface area contributed by atoms with Crippen LogP contribution in [-0.4, -0.2) is 27.9 Å². The third kappa shape index (κ3) is 3.04. The topological polar surface area (TPSA) is 70.7 Å². The van der Waals surface area contributed by atoms with Crippen molar-refractivity contribution < 1.29 is 4.79 Å². The average Bonchev–Trinajstić information content (AvgIpc) is 2.90. The van der Waals surface area contributed by atoms with Crippen LogP contribution >= 0.6 is 11.6 Å². The number of benzene rings is 1. The third-order valence-corrected chi connectivity index (χ3v) is 2.66. The normalized spacial score (nSPS) is 12.1. The number of nitrogens with one attached hydrogen (secondary N) is 2. The van der Waals surface area contributed by atoms with Gasteiger partial charge in [-0.3, -0.25) is 4.79 Å². The number of hydrogen-bond donors (Lipinski definition) is 2. The van der Waals surface area contributed by atoms with E-state index in [0.717, 1.165) is 5.56 Å². The second-order valence-electron chi connectivity index (χ2n) is 3.44. The number of hydrogen-bond acceptors (Lipinski definition) is 3. The lowest BCUT2D eigenvalue weighted by Crippen LogP contribution is -2.27. The molecule has 0 aliphatic rings. The Morgan fingerprint density at radius 2 is 2.18 bits per heavy atom. The number of nitrogens with zero attached hydrogens (tertiary/aromatic N) is 2. The predicted octanol–water partition coefficient (Wildman–Crippen LogP) is 1.51. The highest BCUT2D eigenvalue weighted by atomic mass is 35.5. The molecular weight excluding hydrogens is 240 g/mol. The molecule has 0 saturated heterocycles. The lowest BCUT2D eigenvalue weighted by atomic mass is 10.1. The SMILES string of the molecule is O=C(NCC(Cl)c1ccccc1)c1cn[nH]n1. The Morgan fingerprint density at radius 1 is 1.41 bits per heavy atom. The summed E-state index contributed by atoms with van der Waals surface area (Å²) in [5.41, 5.74) is 1.22. The Kier molecular flexibility index (Phi) is 3.72. The minimum absolute atomic E-state index is 0.252. The molecule has 1 heterocycles. The Morgan fingerprint density at radius 3 is 2.82 bits per heavy atom. The summed E-state index contributed by atoms with van der Waals surface area (Å²) in [6, 6.07) is 9.56. The molecule has 0 aliphatic heterocycles. The molecule has 0 spiro atoms. The molecule has 2 aromatic rings. The summed E-state index contributed by atoms with van der Waals surface area (Å²) in [4.78, 5) is 11.5. The minimum Gasteiger partial charge on any atom is -0.349 e. The van der Waals surface area contributed by atoms with Crippen molar-refractivity contribution in [3.8, 4) is 0 Å². The number of alkyl halides is 1. The van der Waals surface area contributed by atoms with Crippen molar-refractivity contribution in [1.82, 2.24) is 20.7 Å². The zero-order chi connectivity index (χ0) is 12.1. The second-order valence-corrected chi connectivity index (χ2v) is 3.97. The van der Waals surface area contributed by atoms with Gasteiger partial charge in [-0.15, -0.1) is 11.6 Å². The summed E-state index contributed by atoms with van der Waals surface area (Å²) in [5.74, 6) is -0.291. The van der Waals surface area contributed by atoms with Gasteiger partial charge in [0.1, 0.15) is 0 Å². The number of carbonyl (C=O) groups is 1. The van der Waals surface area contributed by atoms with Crippen molar-refractivity contribution in [2.75, 3.05) is 6.54 Å². The summed E-state index contributed by atoms with van der Waals surface area (Å²) in [6.45, 7) is 0.345. The molecule has 88 valence electrons. The van der Waals surface area contributed by atoms with Crippen molar-refractivity contribution >= 4 is 17.5 Å². The van der Waals surface area contributed by atoms with E-state index < -0.39 is 0 Å². The number of halogens is 1. The van der Waals surface area contributed by atoms with Gasteiger partial charge in [0.05, 0.1) is 11.6 Å². The highest BCUT2D eigenvalue weighted by molar-refractivity contribution is 6.21. The Balaban J connectivity index is 1.89. The number of H-pyrrole nitrogens is 1. The van der Waals surface area contributed by atoms with Gasteiger partial charge in [0, 0.05) is 6.54 Å². The first-order valence-electron chi connectivity index (χ1n) is 5.10. The van der Waals surface area contributed by atoms with Crippen LogP contribution in [0, 0.1) is 0 Å². The van der Waals surface area contributed by atoms with Crippen molar-refractivity contribution in [1.29, 1.82) is 0 Å². The molecule has 0 bridgehead atoms. The van der Waals surface area contributed by atoms with Crippen molar-refractivity contribution in [2.24, 2.45) is 0 Å². The molecule has 0 radical (unpaired) electrons. The molecule has 1 aromatic heterocycles.